The first-order valence-corrected chi connectivity index (χ1v) is 7.89. The first-order valence-electron chi connectivity index (χ1n) is 7.89. The Hall–Kier alpha value is -2.37. The quantitative estimate of drug-likeness (QED) is 0.856. The van der Waals surface area contributed by atoms with Crippen molar-refractivity contribution in [2.75, 3.05) is 12.4 Å². The van der Waals surface area contributed by atoms with E-state index in [0.717, 1.165) is 35.6 Å². The Bertz CT molecular complexity index is 736. The van der Waals surface area contributed by atoms with Crippen LogP contribution in [0.25, 0.3) is 11.3 Å². The van der Waals surface area contributed by atoms with Gasteiger partial charge < -0.3 is 10.1 Å². The fourth-order valence-corrected chi connectivity index (χ4v) is 2.48. The monoisotopic (exact) mass is 316 g/mol. The highest BCUT2D eigenvalue weighted by Gasteiger charge is 2.16. The van der Waals surface area contributed by atoms with Crippen molar-refractivity contribution in [3.05, 3.63) is 33.9 Å². The van der Waals surface area contributed by atoms with Crippen LogP contribution in [-0.2, 0) is 0 Å². The van der Waals surface area contributed by atoms with Crippen molar-refractivity contribution in [3.8, 4) is 17.1 Å². The van der Waals surface area contributed by atoms with Gasteiger partial charge in [-0.25, -0.2) is 9.97 Å². The third-order valence-electron chi connectivity index (χ3n) is 3.91. The molecule has 0 fully saturated rings. The number of aryl methyl sites for hydroxylation is 2. The van der Waals surface area contributed by atoms with E-state index < -0.39 is 0 Å². The topological polar surface area (TPSA) is 79.9 Å². The van der Waals surface area contributed by atoms with Crippen LogP contribution < -0.4 is 15.6 Å². The number of aromatic nitrogens is 3. The van der Waals surface area contributed by atoms with Gasteiger partial charge in [0.1, 0.15) is 5.82 Å². The van der Waals surface area contributed by atoms with Crippen LogP contribution in [0.15, 0.2) is 16.9 Å². The zero-order valence-corrected chi connectivity index (χ0v) is 14.4. The molecule has 0 saturated carbocycles. The Morgan fingerprint density at radius 1 is 1.17 bits per heavy atom. The normalized spacial score (nSPS) is 10.9. The molecular formula is C17H24N4O2. The molecule has 0 unspecified atom stereocenters. The van der Waals surface area contributed by atoms with E-state index >= 15 is 0 Å². The van der Waals surface area contributed by atoms with E-state index in [0.29, 0.717) is 17.6 Å². The molecule has 23 heavy (non-hydrogen) atoms. The van der Waals surface area contributed by atoms with E-state index in [1.807, 2.05) is 13.8 Å². The summed E-state index contributed by atoms with van der Waals surface area (Å²) in [5.41, 5.74) is 2.85. The van der Waals surface area contributed by atoms with Crippen LogP contribution >= 0.6 is 0 Å². The van der Waals surface area contributed by atoms with Gasteiger partial charge in [0.25, 0.3) is 5.56 Å². The lowest BCUT2D eigenvalue weighted by Gasteiger charge is -2.18. The van der Waals surface area contributed by atoms with Crippen LogP contribution in [0, 0.1) is 13.8 Å². The molecule has 2 aromatic heterocycles. The van der Waals surface area contributed by atoms with E-state index in [1.54, 1.807) is 6.07 Å². The minimum Gasteiger partial charge on any atom is -0.482 e. The summed E-state index contributed by atoms with van der Waals surface area (Å²) in [5.74, 6) is 1.21. The number of H-pyrrole nitrogens is 1. The number of hydrogen-bond donors (Lipinski definition) is 2. The van der Waals surface area contributed by atoms with Crippen molar-refractivity contribution in [1.29, 1.82) is 0 Å². The molecule has 124 valence electrons. The maximum absolute atomic E-state index is 11.4. The molecule has 0 amide bonds. The van der Waals surface area contributed by atoms with Crippen LogP contribution in [0.2, 0.25) is 0 Å². The Labute approximate surface area is 136 Å². The summed E-state index contributed by atoms with van der Waals surface area (Å²) in [6.45, 7) is 8.13. The Balaban J connectivity index is 2.46. The molecule has 2 rings (SSSR count). The molecule has 2 aromatic rings. The number of ether oxygens (including phenoxy) is 1. The van der Waals surface area contributed by atoms with Crippen LogP contribution in [0.1, 0.15) is 38.1 Å². The summed E-state index contributed by atoms with van der Waals surface area (Å²) in [4.78, 5) is 23.5. The number of pyridine rings is 1. The van der Waals surface area contributed by atoms with E-state index in [4.69, 9.17) is 4.74 Å². The van der Waals surface area contributed by atoms with Gasteiger partial charge in [-0.05, 0) is 32.8 Å². The summed E-state index contributed by atoms with van der Waals surface area (Å²) in [6, 6.07) is 3.56. The van der Waals surface area contributed by atoms with E-state index in [2.05, 4.69) is 34.1 Å². The number of methoxy groups -OCH3 is 1. The number of hydrogen-bond acceptors (Lipinski definition) is 5. The van der Waals surface area contributed by atoms with Crippen LogP contribution in [-0.4, -0.2) is 28.1 Å². The highest BCUT2D eigenvalue weighted by atomic mass is 16.5. The molecule has 0 aliphatic carbocycles. The molecule has 6 heteroatoms. The third kappa shape index (κ3) is 3.70. The van der Waals surface area contributed by atoms with Crippen molar-refractivity contribution < 1.29 is 4.74 Å². The molecule has 0 aromatic carbocycles. The largest absolute Gasteiger partial charge is 0.482 e. The van der Waals surface area contributed by atoms with Crippen molar-refractivity contribution in [3.63, 3.8) is 0 Å². The first kappa shape index (κ1) is 17.0. The van der Waals surface area contributed by atoms with Crippen molar-refractivity contribution in [1.82, 2.24) is 15.0 Å². The van der Waals surface area contributed by atoms with E-state index in [-0.39, 0.29) is 5.56 Å². The number of anilines is 1. The first-order chi connectivity index (χ1) is 11.0. The molecule has 2 N–H and O–H groups in total. The summed E-state index contributed by atoms with van der Waals surface area (Å²) >= 11 is 0. The minimum absolute atomic E-state index is 0.208. The fourth-order valence-electron chi connectivity index (χ4n) is 2.48. The van der Waals surface area contributed by atoms with Gasteiger partial charge in [0.05, 0.1) is 29.8 Å². The van der Waals surface area contributed by atoms with E-state index in [9.17, 15) is 4.79 Å². The second-order valence-electron chi connectivity index (χ2n) is 5.52. The fraction of sp³-hybridized carbons (Fsp3) is 0.471. The lowest BCUT2D eigenvalue weighted by Crippen LogP contribution is -2.19. The predicted molar refractivity (Wildman–Crippen MR) is 92.1 cm³/mol. The average Bonchev–Trinajstić information content (AvgIpc) is 2.55. The molecule has 0 spiro atoms. The van der Waals surface area contributed by atoms with Gasteiger partial charge in [-0.1, -0.05) is 13.8 Å². The minimum atomic E-state index is -0.208. The average molecular weight is 316 g/mol. The van der Waals surface area contributed by atoms with Gasteiger partial charge in [0.2, 0.25) is 5.88 Å². The summed E-state index contributed by atoms with van der Waals surface area (Å²) in [7, 11) is 1.52. The van der Waals surface area contributed by atoms with E-state index in [1.165, 1.54) is 13.2 Å². The van der Waals surface area contributed by atoms with Crippen molar-refractivity contribution >= 4 is 5.82 Å². The van der Waals surface area contributed by atoms with Crippen LogP contribution in [0.5, 0.6) is 5.88 Å². The summed E-state index contributed by atoms with van der Waals surface area (Å²) in [5, 5.41) is 3.44. The van der Waals surface area contributed by atoms with Gasteiger partial charge in [-0.3, -0.25) is 9.78 Å². The molecule has 0 aliphatic rings. The molecule has 6 nitrogen and oxygen atoms in total. The van der Waals surface area contributed by atoms with Gasteiger partial charge in [-0.15, -0.1) is 0 Å². The third-order valence-corrected chi connectivity index (χ3v) is 3.91. The molecular weight excluding hydrogens is 292 g/mol. The van der Waals surface area contributed by atoms with Crippen molar-refractivity contribution in [2.24, 2.45) is 0 Å². The Kier molecular flexibility index (Phi) is 5.36. The van der Waals surface area contributed by atoms with Crippen LogP contribution in [0.3, 0.4) is 0 Å². The Morgan fingerprint density at radius 2 is 1.87 bits per heavy atom. The van der Waals surface area contributed by atoms with Gasteiger partial charge >= 0.3 is 0 Å². The SMILES string of the molecule is CCC(CC)Nc1nc(C)c(-c2ccc(=O)[nH]c2OC)nc1C. The lowest BCUT2D eigenvalue weighted by atomic mass is 10.1. The van der Waals surface area contributed by atoms with Gasteiger partial charge in [-0.2, -0.15) is 0 Å². The lowest BCUT2D eigenvalue weighted by molar-refractivity contribution is 0.398. The molecule has 0 bridgehead atoms. The molecule has 0 aliphatic heterocycles. The Morgan fingerprint density at radius 3 is 2.48 bits per heavy atom. The highest BCUT2D eigenvalue weighted by molar-refractivity contribution is 5.68. The van der Waals surface area contributed by atoms with Gasteiger partial charge in [0.15, 0.2) is 0 Å². The standard InChI is InChI=1S/C17H24N4O2/c1-6-12(7-2)20-16-11(4)18-15(10(3)19-16)13-8-9-14(22)21-17(13)23-5/h8-9,12H,6-7H2,1-5H3,(H,19,20)(H,21,22). The number of nitrogens with one attached hydrogen (secondary N) is 2. The van der Waals surface area contributed by atoms with Gasteiger partial charge in [0, 0.05) is 12.1 Å². The maximum atomic E-state index is 11.4. The summed E-state index contributed by atoms with van der Waals surface area (Å²) in [6.07, 6.45) is 2.07. The smallest absolute Gasteiger partial charge is 0.250 e. The zero-order chi connectivity index (χ0) is 17.0. The summed E-state index contributed by atoms with van der Waals surface area (Å²) < 4.78 is 5.27. The molecule has 2 heterocycles. The van der Waals surface area contributed by atoms with Crippen LogP contribution in [0.4, 0.5) is 5.82 Å². The number of rotatable bonds is 6. The molecule has 0 radical (unpaired) electrons. The zero-order valence-electron chi connectivity index (χ0n) is 14.4. The number of nitrogens with zero attached hydrogens (tertiary/aromatic N) is 2. The molecule has 0 atom stereocenters. The molecule has 0 saturated heterocycles. The maximum Gasteiger partial charge on any atom is 0.250 e. The second kappa shape index (κ2) is 7.26. The highest BCUT2D eigenvalue weighted by Crippen LogP contribution is 2.29. The van der Waals surface area contributed by atoms with Crippen molar-refractivity contribution in [2.45, 2.75) is 46.6 Å². The number of aromatic amines is 1. The predicted octanol–water partition coefficient (Wildman–Crippen LogP) is 3.06. The second-order valence-corrected chi connectivity index (χ2v) is 5.52.